The van der Waals surface area contributed by atoms with E-state index in [-0.39, 0.29) is 25.0 Å². The van der Waals surface area contributed by atoms with Crippen molar-refractivity contribution in [2.45, 2.75) is 31.3 Å². The fourth-order valence-corrected chi connectivity index (χ4v) is 2.66. The standard InChI is InChI=1S/C12H18N2O8S/c1-23(19,20)21-3-2-7-5-14(12(18)13-11(7)17)10-4-8(16)9(6-15)22-10/h5,8-10,15-16H,2-4,6H2,1H3,(H,13,17,18)/t8-,9+,10+/m0/s1. The van der Waals surface area contributed by atoms with Gasteiger partial charge in [-0.05, 0) is 0 Å². The highest BCUT2D eigenvalue weighted by Gasteiger charge is 2.35. The number of H-pyrrole nitrogens is 1. The maximum absolute atomic E-state index is 11.9. The van der Waals surface area contributed by atoms with Crippen LogP contribution < -0.4 is 11.2 Å². The zero-order valence-electron chi connectivity index (χ0n) is 12.3. The molecule has 23 heavy (non-hydrogen) atoms. The predicted molar refractivity (Wildman–Crippen MR) is 77.4 cm³/mol. The van der Waals surface area contributed by atoms with Gasteiger partial charge in [0.1, 0.15) is 12.3 Å². The number of hydrogen-bond acceptors (Lipinski definition) is 8. The van der Waals surface area contributed by atoms with Crippen LogP contribution in [0.1, 0.15) is 18.2 Å². The van der Waals surface area contributed by atoms with Gasteiger partial charge in [-0.25, -0.2) is 4.79 Å². The van der Waals surface area contributed by atoms with Crippen molar-refractivity contribution in [1.82, 2.24) is 9.55 Å². The van der Waals surface area contributed by atoms with Gasteiger partial charge in [-0.15, -0.1) is 0 Å². The van der Waals surface area contributed by atoms with Gasteiger partial charge in [-0.1, -0.05) is 0 Å². The lowest BCUT2D eigenvalue weighted by Gasteiger charge is -2.15. The molecule has 2 heterocycles. The summed E-state index contributed by atoms with van der Waals surface area (Å²) < 4.78 is 32.8. The minimum Gasteiger partial charge on any atom is -0.394 e. The largest absolute Gasteiger partial charge is 0.394 e. The third kappa shape index (κ3) is 4.48. The second-order valence-electron chi connectivity index (χ2n) is 5.21. The monoisotopic (exact) mass is 350 g/mol. The van der Waals surface area contributed by atoms with Gasteiger partial charge >= 0.3 is 5.69 Å². The van der Waals surface area contributed by atoms with Crippen LogP contribution >= 0.6 is 0 Å². The summed E-state index contributed by atoms with van der Waals surface area (Å²) in [6.45, 7) is -0.641. The smallest absolute Gasteiger partial charge is 0.330 e. The molecule has 0 bridgehead atoms. The lowest BCUT2D eigenvalue weighted by atomic mass is 10.2. The molecule has 0 radical (unpaired) electrons. The summed E-state index contributed by atoms with van der Waals surface area (Å²) in [6.07, 6.45) is -0.388. The molecule has 11 heteroatoms. The van der Waals surface area contributed by atoms with E-state index in [1.165, 1.54) is 6.20 Å². The average molecular weight is 350 g/mol. The fraction of sp³-hybridized carbons (Fsp3) is 0.667. The van der Waals surface area contributed by atoms with E-state index in [9.17, 15) is 23.1 Å². The molecule has 0 amide bonds. The van der Waals surface area contributed by atoms with Gasteiger partial charge in [-0.2, -0.15) is 8.42 Å². The number of aliphatic hydroxyl groups is 2. The number of ether oxygens (including phenoxy) is 1. The molecule has 0 spiro atoms. The van der Waals surface area contributed by atoms with Crippen molar-refractivity contribution >= 4 is 10.1 Å². The number of nitrogens with zero attached hydrogens (tertiary/aromatic N) is 1. The maximum atomic E-state index is 11.9. The summed E-state index contributed by atoms with van der Waals surface area (Å²) in [7, 11) is -3.63. The molecular formula is C12H18N2O8S. The van der Waals surface area contributed by atoms with E-state index in [4.69, 9.17) is 9.84 Å². The highest BCUT2D eigenvalue weighted by molar-refractivity contribution is 7.85. The van der Waals surface area contributed by atoms with E-state index < -0.39 is 46.4 Å². The summed E-state index contributed by atoms with van der Waals surface area (Å²) in [4.78, 5) is 25.7. The minimum atomic E-state index is -3.63. The van der Waals surface area contributed by atoms with Crippen LogP contribution in [0.3, 0.4) is 0 Å². The van der Waals surface area contributed by atoms with Gasteiger partial charge in [-0.3, -0.25) is 18.5 Å². The third-order valence-electron chi connectivity index (χ3n) is 3.40. The Morgan fingerprint density at radius 1 is 1.48 bits per heavy atom. The first-order chi connectivity index (χ1) is 10.7. The SMILES string of the molecule is CS(=O)(=O)OCCc1cn([C@H]2C[C@H](O)[C@@H](CO)O2)c(=O)[nH]c1=O. The van der Waals surface area contributed by atoms with Crippen LogP contribution in [0.5, 0.6) is 0 Å². The Bertz CT molecular complexity index is 768. The first-order valence-corrected chi connectivity index (χ1v) is 8.66. The van der Waals surface area contributed by atoms with E-state index in [2.05, 4.69) is 9.17 Å². The fourth-order valence-electron chi connectivity index (χ4n) is 2.27. The molecule has 3 N–H and O–H groups in total. The second-order valence-corrected chi connectivity index (χ2v) is 6.86. The zero-order chi connectivity index (χ0) is 17.2. The Hall–Kier alpha value is -1.53. The third-order valence-corrected chi connectivity index (χ3v) is 4.00. The van der Waals surface area contributed by atoms with Crippen LogP contribution in [0.15, 0.2) is 15.8 Å². The Morgan fingerprint density at radius 3 is 2.74 bits per heavy atom. The lowest BCUT2D eigenvalue weighted by molar-refractivity contribution is -0.0460. The molecule has 1 fully saturated rings. The van der Waals surface area contributed by atoms with Crippen molar-refractivity contribution in [2.75, 3.05) is 19.5 Å². The molecule has 0 saturated carbocycles. The summed E-state index contributed by atoms with van der Waals surface area (Å²) >= 11 is 0. The van der Waals surface area contributed by atoms with Crippen LogP contribution in [0, 0.1) is 0 Å². The molecule has 0 aromatic carbocycles. The summed E-state index contributed by atoms with van der Waals surface area (Å²) in [5, 5.41) is 18.8. The topological polar surface area (TPSA) is 148 Å². The van der Waals surface area contributed by atoms with Crippen LogP contribution in [-0.4, -0.2) is 59.9 Å². The van der Waals surface area contributed by atoms with E-state index in [0.717, 1.165) is 10.8 Å². The van der Waals surface area contributed by atoms with Crippen LogP contribution in [-0.2, 0) is 25.5 Å². The molecule has 1 aliphatic heterocycles. The summed E-state index contributed by atoms with van der Waals surface area (Å²) in [5.41, 5.74) is -1.24. The first-order valence-electron chi connectivity index (χ1n) is 6.84. The molecule has 1 aliphatic rings. The predicted octanol–water partition coefficient (Wildman–Crippen LogP) is -2.30. The van der Waals surface area contributed by atoms with Crippen LogP contribution in [0.2, 0.25) is 0 Å². The van der Waals surface area contributed by atoms with Crippen molar-refractivity contribution in [2.24, 2.45) is 0 Å². The van der Waals surface area contributed by atoms with Gasteiger partial charge in [0.2, 0.25) is 0 Å². The van der Waals surface area contributed by atoms with E-state index in [0.29, 0.717) is 0 Å². The van der Waals surface area contributed by atoms with Gasteiger partial charge in [0.05, 0.1) is 25.6 Å². The number of aliphatic hydroxyl groups excluding tert-OH is 2. The second kappa shape index (κ2) is 6.93. The Balaban J connectivity index is 2.20. The molecule has 3 atom stereocenters. The van der Waals surface area contributed by atoms with Crippen LogP contribution in [0.4, 0.5) is 0 Å². The van der Waals surface area contributed by atoms with Gasteiger partial charge in [0.25, 0.3) is 15.7 Å². The molecular weight excluding hydrogens is 332 g/mol. The van der Waals surface area contributed by atoms with Crippen molar-refractivity contribution in [3.63, 3.8) is 0 Å². The van der Waals surface area contributed by atoms with E-state index in [1.54, 1.807) is 0 Å². The number of aromatic amines is 1. The minimum absolute atomic E-state index is 0.0264. The van der Waals surface area contributed by atoms with Gasteiger partial charge < -0.3 is 14.9 Å². The summed E-state index contributed by atoms with van der Waals surface area (Å²) in [6, 6.07) is 0. The van der Waals surface area contributed by atoms with Crippen molar-refractivity contribution in [3.05, 3.63) is 32.6 Å². The molecule has 0 unspecified atom stereocenters. The molecule has 2 rings (SSSR count). The van der Waals surface area contributed by atoms with Crippen molar-refractivity contribution in [1.29, 1.82) is 0 Å². The van der Waals surface area contributed by atoms with E-state index >= 15 is 0 Å². The lowest BCUT2D eigenvalue weighted by Crippen LogP contribution is -2.34. The number of nitrogens with one attached hydrogen (secondary N) is 1. The average Bonchev–Trinajstić information content (AvgIpc) is 2.81. The number of hydrogen-bond donors (Lipinski definition) is 3. The quantitative estimate of drug-likeness (QED) is 0.485. The van der Waals surface area contributed by atoms with Gasteiger partial charge in [0.15, 0.2) is 0 Å². The molecule has 130 valence electrons. The highest BCUT2D eigenvalue weighted by Crippen LogP contribution is 2.27. The molecule has 1 aromatic heterocycles. The van der Waals surface area contributed by atoms with E-state index in [1.807, 2.05) is 0 Å². The summed E-state index contributed by atoms with van der Waals surface area (Å²) in [5.74, 6) is 0. The van der Waals surface area contributed by atoms with Crippen molar-refractivity contribution < 1.29 is 27.6 Å². The molecule has 1 aromatic rings. The Morgan fingerprint density at radius 2 is 2.17 bits per heavy atom. The van der Waals surface area contributed by atoms with Crippen LogP contribution in [0.25, 0.3) is 0 Å². The number of aromatic nitrogens is 2. The zero-order valence-corrected chi connectivity index (χ0v) is 13.2. The normalized spacial score (nSPS) is 24.9. The maximum Gasteiger partial charge on any atom is 0.330 e. The number of rotatable bonds is 6. The Kier molecular flexibility index (Phi) is 5.37. The van der Waals surface area contributed by atoms with Crippen molar-refractivity contribution in [3.8, 4) is 0 Å². The molecule has 1 saturated heterocycles. The molecule has 0 aliphatic carbocycles. The molecule has 10 nitrogen and oxygen atoms in total. The van der Waals surface area contributed by atoms with Gasteiger partial charge in [0, 0.05) is 24.6 Å². The highest BCUT2D eigenvalue weighted by atomic mass is 32.2. The Labute approximate surface area is 131 Å². The first kappa shape index (κ1) is 17.8.